The number of benzene rings is 2. The molecular formula is C20H13ClF3NO5S2. The van der Waals surface area contributed by atoms with Gasteiger partial charge in [-0.1, -0.05) is 41.6 Å². The van der Waals surface area contributed by atoms with Gasteiger partial charge < -0.3 is 14.6 Å². The first-order valence-electron chi connectivity index (χ1n) is 8.68. The summed E-state index contributed by atoms with van der Waals surface area (Å²) < 4.78 is 50.7. The number of rotatable bonds is 6. The predicted octanol–water partition coefficient (Wildman–Crippen LogP) is 5.24. The van der Waals surface area contributed by atoms with E-state index in [0.717, 1.165) is 28.8 Å². The van der Waals surface area contributed by atoms with E-state index in [2.05, 4.69) is 0 Å². The summed E-state index contributed by atoms with van der Waals surface area (Å²) in [6.45, 7) is -0.572. The Morgan fingerprint density at radius 2 is 1.97 bits per heavy atom. The van der Waals surface area contributed by atoms with Gasteiger partial charge >= 0.3 is 12.1 Å². The second kappa shape index (κ2) is 9.39. The van der Waals surface area contributed by atoms with Gasteiger partial charge in [0, 0.05) is 5.02 Å². The average molecular weight is 504 g/mol. The first-order chi connectivity index (χ1) is 15.0. The van der Waals surface area contributed by atoms with Crippen LogP contribution in [0.2, 0.25) is 5.02 Å². The summed E-state index contributed by atoms with van der Waals surface area (Å²) in [7, 11) is 1.35. The molecule has 0 aromatic heterocycles. The number of carbonyl (C=O) groups excluding carboxylic acids is 1. The first-order valence-corrected chi connectivity index (χ1v) is 10.3. The van der Waals surface area contributed by atoms with Crippen molar-refractivity contribution in [3.05, 3.63) is 57.5 Å². The van der Waals surface area contributed by atoms with Crippen molar-refractivity contribution >= 4 is 63.5 Å². The number of anilines is 1. The lowest BCUT2D eigenvalue weighted by Gasteiger charge is -2.20. The molecule has 0 radical (unpaired) electrons. The fourth-order valence-corrected chi connectivity index (χ4v) is 4.25. The van der Waals surface area contributed by atoms with Crippen LogP contribution in [0, 0.1) is 0 Å². The molecule has 1 aliphatic rings. The molecule has 0 bridgehead atoms. The number of alkyl halides is 3. The van der Waals surface area contributed by atoms with Crippen LogP contribution in [-0.4, -0.2) is 35.0 Å². The molecule has 2 aromatic carbocycles. The van der Waals surface area contributed by atoms with E-state index in [0.29, 0.717) is 5.56 Å². The third kappa shape index (κ3) is 5.17. The average Bonchev–Trinajstić information content (AvgIpc) is 2.99. The van der Waals surface area contributed by atoms with Crippen molar-refractivity contribution in [3.63, 3.8) is 0 Å². The molecule has 0 spiro atoms. The van der Waals surface area contributed by atoms with E-state index in [4.69, 9.17) is 38.4 Å². The number of hydrogen-bond acceptors (Lipinski definition) is 6. The van der Waals surface area contributed by atoms with E-state index in [1.165, 1.54) is 37.5 Å². The zero-order valence-corrected chi connectivity index (χ0v) is 18.5. The third-order valence-electron chi connectivity index (χ3n) is 4.14. The van der Waals surface area contributed by atoms with Gasteiger partial charge in [-0.2, -0.15) is 13.2 Å². The molecule has 1 heterocycles. The van der Waals surface area contributed by atoms with Gasteiger partial charge in [-0.25, -0.2) is 4.79 Å². The highest BCUT2D eigenvalue weighted by atomic mass is 35.5. The number of thioether (sulfide) groups is 1. The third-order valence-corrected chi connectivity index (χ3v) is 5.67. The maximum absolute atomic E-state index is 13.5. The van der Waals surface area contributed by atoms with Crippen LogP contribution in [-0.2, 0) is 15.8 Å². The molecule has 3 rings (SSSR count). The molecule has 0 aliphatic carbocycles. The van der Waals surface area contributed by atoms with Gasteiger partial charge in [0.25, 0.3) is 5.91 Å². The summed E-state index contributed by atoms with van der Waals surface area (Å²) in [6.07, 6.45) is -3.31. The molecule has 6 nitrogen and oxygen atoms in total. The second-order valence-electron chi connectivity index (χ2n) is 6.27. The van der Waals surface area contributed by atoms with Crippen LogP contribution in [0.5, 0.6) is 11.5 Å². The van der Waals surface area contributed by atoms with Crippen LogP contribution < -0.4 is 14.4 Å². The largest absolute Gasteiger partial charge is 0.493 e. The predicted molar refractivity (Wildman–Crippen MR) is 118 cm³/mol. The van der Waals surface area contributed by atoms with E-state index in [1.54, 1.807) is 0 Å². The summed E-state index contributed by atoms with van der Waals surface area (Å²) in [5, 5.41) is 8.60. The summed E-state index contributed by atoms with van der Waals surface area (Å²) >= 11 is 11.7. The minimum absolute atomic E-state index is 0.0672. The number of carbonyl (C=O) groups is 2. The van der Waals surface area contributed by atoms with Crippen molar-refractivity contribution in [1.29, 1.82) is 0 Å². The number of methoxy groups -OCH3 is 1. The zero-order chi connectivity index (χ0) is 23.6. The van der Waals surface area contributed by atoms with Crippen LogP contribution in [0.1, 0.15) is 11.1 Å². The van der Waals surface area contributed by atoms with Gasteiger partial charge in [0.2, 0.25) is 0 Å². The minimum Gasteiger partial charge on any atom is -0.493 e. The van der Waals surface area contributed by atoms with E-state index in [9.17, 15) is 22.8 Å². The molecule has 0 saturated carbocycles. The molecule has 1 N–H and O–H groups in total. The van der Waals surface area contributed by atoms with E-state index in [1.807, 2.05) is 0 Å². The number of nitrogens with zero attached hydrogens (tertiary/aromatic N) is 1. The zero-order valence-electron chi connectivity index (χ0n) is 16.1. The second-order valence-corrected chi connectivity index (χ2v) is 8.38. The fraction of sp³-hybridized carbons (Fsp3) is 0.150. The number of carboxylic acid groups (broad SMARTS) is 1. The van der Waals surface area contributed by atoms with Gasteiger partial charge in [0.15, 0.2) is 22.4 Å². The summed E-state index contributed by atoms with van der Waals surface area (Å²) in [6, 6.07) is 7.56. The first kappa shape index (κ1) is 23.9. The lowest BCUT2D eigenvalue weighted by atomic mass is 10.1. The lowest BCUT2D eigenvalue weighted by Crippen LogP contribution is -2.29. The summed E-state index contributed by atoms with van der Waals surface area (Å²) in [5.41, 5.74) is -1.02. The lowest BCUT2D eigenvalue weighted by molar-refractivity contribution is -0.139. The Labute approximate surface area is 194 Å². The molecule has 1 aliphatic heterocycles. The highest BCUT2D eigenvalue weighted by molar-refractivity contribution is 8.27. The molecule has 12 heteroatoms. The topological polar surface area (TPSA) is 76.1 Å². The molecule has 2 aromatic rings. The van der Waals surface area contributed by atoms with Gasteiger partial charge in [-0.05, 0) is 42.0 Å². The highest BCUT2D eigenvalue weighted by Gasteiger charge is 2.41. The van der Waals surface area contributed by atoms with Crippen molar-refractivity contribution in [3.8, 4) is 11.5 Å². The Bertz CT molecular complexity index is 1140. The highest BCUT2D eigenvalue weighted by Crippen LogP contribution is 2.43. The molecule has 1 amide bonds. The smallest absolute Gasteiger partial charge is 0.418 e. The van der Waals surface area contributed by atoms with Crippen molar-refractivity contribution in [2.75, 3.05) is 18.6 Å². The Hall–Kier alpha value is -2.76. The number of hydrogen-bond donors (Lipinski definition) is 1. The SMILES string of the molecule is COc1cc(/C=C2/SC(=S)N(c3ccc(Cl)cc3C(F)(F)F)C2=O)ccc1OCC(=O)O. The Balaban J connectivity index is 1.94. The van der Waals surface area contributed by atoms with Gasteiger partial charge in [0.05, 0.1) is 23.3 Å². The number of thiocarbonyl (C=S) groups is 1. The molecular weight excluding hydrogens is 491 g/mol. The number of carboxylic acids is 1. The maximum Gasteiger partial charge on any atom is 0.418 e. The van der Waals surface area contributed by atoms with Gasteiger partial charge in [-0.3, -0.25) is 9.69 Å². The normalized spacial score (nSPS) is 15.4. The van der Waals surface area contributed by atoms with E-state index >= 15 is 0 Å². The van der Waals surface area contributed by atoms with Crippen molar-refractivity contribution in [2.24, 2.45) is 0 Å². The number of aliphatic carboxylic acids is 1. The Morgan fingerprint density at radius 1 is 1.25 bits per heavy atom. The quantitative estimate of drug-likeness (QED) is 0.427. The van der Waals surface area contributed by atoms with E-state index in [-0.39, 0.29) is 25.7 Å². The standard InChI is InChI=1S/C20H13ClF3NO5S2/c1-29-15-6-10(2-5-14(15)30-9-17(26)27)7-16-18(28)25(19(31)32-16)13-4-3-11(21)8-12(13)20(22,23)24/h2-8H,9H2,1H3,(H,26,27)/b16-7+. The minimum atomic E-state index is -4.74. The van der Waals surface area contributed by atoms with E-state index < -0.39 is 35.9 Å². The van der Waals surface area contributed by atoms with Crippen LogP contribution in [0.15, 0.2) is 41.3 Å². The van der Waals surface area contributed by atoms with Crippen molar-refractivity contribution < 1.29 is 37.3 Å². The van der Waals surface area contributed by atoms with Crippen LogP contribution in [0.25, 0.3) is 6.08 Å². The molecule has 168 valence electrons. The number of amides is 1. The van der Waals surface area contributed by atoms with Crippen molar-refractivity contribution in [1.82, 2.24) is 0 Å². The monoisotopic (exact) mass is 503 g/mol. The summed E-state index contributed by atoms with van der Waals surface area (Å²) in [5.74, 6) is -1.50. The molecule has 0 unspecified atom stereocenters. The van der Waals surface area contributed by atoms with Crippen LogP contribution in [0.3, 0.4) is 0 Å². The number of halogens is 4. The fourth-order valence-electron chi connectivity index (χ4n) is 2.79. The summed E-state index contributed by atoms with van der Waals surface area (Å²) in [4.78, 5) is 24.5. The maximum atomic E-state index is 13.5. The number of ether oxygens (including phenoxy) is 2. The molecule has 1 saturated heterocycles. The van der Waals surface area contributed by atoms with Gasteiger partial charge in [-0.15, -0.1) is 0 Å². The Morgan fingerprint density at radius 3 is 2.59 bits per heavy atom. The molecule has 32 heavy (non-hydrogen) atoms. The molecule has 1 fully saturated rings. The van der Waals surface area contributed by atoms with Crippen molar-refractivity contribution in [2.45, 2.75) is 6.18 Å². The van der Waals surface area contributed by atoms with Crippen LogP contribution in [0.4, 0.5) is 18.9 Å². The molecule has 0 atom stereocenters. The Kier molecular flexibility index (Phi) is 7.01. The van der Waals surface area contributed by atoms with Crippen LogP contribution >= 0.6 is 35.6 Å². The van der Waals surface area contributed by atoms with Gasteiger partial charge in [0.1, 0.15) is 0 Å².